The quantitative estimate of drug-likeness (QED) is 0.789. The molecule has 2 rings (SSSR count). The van der Waals surface area contributed by atoms with Gasteiger partial charge in [0.15, 0.2) is 0 Å². The molecule has 0 saturated heterocycles. The lowest BCUT2D eigenvalue weighted by Crippen LogP contribution is -2.24. The zero-order valence-electron chi connectivity index (χ0n) is 9.58. The highest BCUT2D eigenvalue weighted by atomic mass is 16.4. The normalized spacial score (nSPS) is 10.8. The number of rotatable bonds is 2. The summed E-state index contributed by atoms with van der Waals surface area (Å²) in [6.07, 6.45) is 0. The molecule has 0 bridgehead atoms. The maximum absolute atomic E-state index is 11.9. The minimum atomic E-state index is -0.748. The zero-order valence-corrected chi connectivity index (χ0v) is 9.58. The van der Waals surface area contributed by atoms with Gasteiger partial charge in [-0.3, -0.25) is 4.79 Å². The molecule has 5 heteroatoms. The molecule has 0 N–H and O–H groups in total. The van der Waals surface area contributed by atoms with Crippen molar-refractivity contribution < 1.29 is 9.21 Å². The topological polar surface area (TPSA) is 65.1 Å². The summed E-state index contributed by atoms with van der Waals surface area (Å²) in [5.41, 5.74) is 0.401. The molecule has 0 saturated carbocycles. The van der Waals surface area contributed by atoms with E-state index in [0.717, 1.165) is 4.68 Å². The molecule has 1 aromatic heterocycles. The fraction of sp³-hybridized carbons (Fsp3) is 0.250. The Morgan fingerprint density at radius 3 is 2.47 bits per heavy atom. The van der Waals surface area contributed by atoms with Crippen LogP contribution in [0.3, 0.4) is 0 Å². The van der Waals surface area contributed by atoms with E-state index in [1.807, 2.05) is 13.8 Å². The lowest BCUT2D eigenvalue weighted by molar-refractivity contribution is 0.0937. The first-order chi connectivity index (χ1) is 8.09. The summed E-state index contributed by atoms with van der Waals surface area (Å²) in [6.45, 7) is 3.67. The number of nitrogens with zero attached hydrogens (tertiary/aromatic N) is 2. The average molecular weight is 232 g/mol. The van der Waals surface area contributed by atoms with Crippen LogP contribution in [0.25, 0.3) is 0 Å². The average Bonchev–Trinajstić information content (AvgIpc) is 2.72. The first-order valence-corrected chi connectivity index (χ1v) is 5.29. The predicted molar refractivity (Wildman–Crippen MR) is 61.0 cm³/mol. The first-order valence-electron chi connectivity index (χ1n) is 5.29. The van der Waals surface area contributed by atoms with Crippen LogP contribution in [0.4, 0.5) is 0 Å². The fourth-order valence-corrected chi connectivity index (χ4v) is 1.36. The van der Waals surface area contributed by atoms with E-state index in [1.165, 1.54) is 0 Å². The summed E-state index contributed by atoms with van der Waals surface area (Å²) < 4.78 is 5.65. The zero-order chi connectivity index (χ0) is 12.4. The Balaban J connectivity index is 2.42. The van der Waals surface area contributed by atoms with Crippen molar-refractivity contribution >= 4 is 5.91 Å². The monoisotopic (exact) mass is 232 g/mol. The van der Waals surface area contributed by atoms with Crippen molar-refractivity contribution in [2.24, 2.45) is 0 Å². The lowest BCUT2D eigenvalue weighted by Gasteiger charge is -1.97. The molecule has 17 heavy (non-hydrogen) atoms. The van der Waals surface area contributed by atoms with Crippen LogP contribution in [0.5, 0.6) is 0 Å². The van der Waals surface area contributed by atoms with Gasteiger partial charge in [-0.25, -0.2) is 4.79 Å². The van der Waals surface area contributed by atoms with Gasteiger partial charge in [0.1, 0.15) is 0 Å². The predicted octanol–water partition coefficient (Wildman–Crippen LogP) is 1.65. The molecule has 0 aliphatic rings. The van der Waals surface area contributed by atoms with Crippen LogP contribution in [0.2, 0.25) is 0 Å². The number of benzene rings is 1. The molecule has 0 atom stereocenters. The van der Waals surface area contributed by atoms with Crippen molar-refractivity contribution in [3.63, 3.8) is 0 Å². The number of carbonyl (C=O) groups is 1. The largest absolute Gasteiger partial charge is 0.444 e. The van der Waals surface area contributed by atoms with Crippen molar-refractivity contribution in [1.29, 1.82) is 0 Å². The lowest BCUT2D eigenvalue weighted by atomic mass is 10.2. The van der Waals surface area contributed by atoms with Gasteiger partial charge in [-0.15, -0.1) is 9.78 Å². The Hall–Kier alpha value is -2.17. The molecule has 0 aliphatic carbocycles. The van der Waals surface area contributed by atoms with Gasteiger partial charge in [-0.05, 0) is 12.1 Å². The van der Waals surface area contributed by atoms with Crippen LogP contribution < -0.4 is 5.76 Å². The first kappa shape index (κ1) is 11.3. The van der Waals surface area contributed by atoms with Crippen molar-refractivity contribution in [1.82, 2.24) is 9.78 Å². The van der Waals surface area contributed by atoms with Crippen LogP contribution >= 0.6 is 0 Å². The molecule has 0 aliphatic heterocycles. The molecular weight excluding hydrogens is 220 g/mol. The van der Waals surface area contributed by atoms with E-state index in [4.69, 9.17) is 4.42 Å². The van der Waals surface area contributed by atoms with Crippen LogP contribution in [-0.2, 0) is 0 Å². The SMILES string of the molecule is CC(C)c1nn(C(=O)c2ccccc2)c(=O)o1. The van der Waals surface area contributed by atoms with Crippen LogP contribution in [-0.4, -0.2) is 15.7 Å². The van der Waals surface area contributed by atoms with Crippen molar-refractivity contribution in [2.75, 3.05) is 0 Å². The van der Waals surface area contributed by atoms with Gasteiger partial charge >= 0.3 is 5.76 Å². The molecule has 5 nitrogen and oxygen atoms in total. The van der Waals surface area contributed by atoms with Gasteiger partial charge in [0.2, 0.25) is 5.89 Å². The van der Waals surface area contributed by atoms with Crippen LogP contribution in [0, 0.1) is 0 Å². The van der Waals surface area contributed by atoms with Crippen molar-refractivity contribution in [2.45, 2.75) is 19.8 Å². The summed E-state index contributed by atoms with van der Waals surface area (Å²) in [5, 5.41) is 3.87. The third-order valence-corrected chi connectivity index (χ3v) is 2.27. The minimum Gasteiger partial charge on any atom is -0.392 e. The van der Waals surface area contributed by atoms with E-state index >= 15 is 0 Å². The Morgan fingerprint density at radius 2 is 1.94 bits per heavy atom. The molecule has 0 spiro atoms. The molecular formula is C12H12N2O3. The van der Waals surface area contributed by atoms with Crippen molar-refractivity contribution in [3.8, 4) is 0 Å². The molecule has 0 radical (unpaired) electrons. The molecule has 88 valence electrons. The maximum Gasteiger partial charge on any atom is 0.444 e. The maximum atomic E-state index is 11.9. The second-order valence-electron chi connectivity index (χ2n) is 3.94. The standard InChI is InChI=1S/C12H12N2O3/c1-8(2)10-13-14(12(16)17-10)11(15)9-6-4-3-5-7-9/h3-8H,1-2H3. The molecule has 2 aromatic rings. The number of carbonyl (C=O) groups excluding carboxylic acids is 1. The Bertz CT molecular complexity index is 581. The molecule has 1 heterocycles. The van der Waals surface area contributed by atoms with Crippen LogP contribution in [0.1, 0.15) is 36.0 Å². The van der Waals surface area contributed by atoms with Gasteiger partial charge in [0.05, 0.1) is 0 Å². The van der Waals surface area contributed by atoms with E-state index in [-0.39, 0.29) is 11.8 Å². The Kier molecular flexibility index (Phi) is 2.91. The van der Waals surface area contributed by atoms with Gasteiger partial charge < -0.3 is 4.42 Å². The smallest absolute Gasteiger partial charge is 0.392 e. The highest BCUT2D eigenvalue weighted by Gasteiger charge is 2.17. The van der Waals surface area contributed by atoms with E-state index in [2.05, 4.69) is 5.10 Å². The van der Waals surface area contributed by atoms with Gasteiger partial charge in [-0.2, -0.15) is 0 Å². The van der Waals surface area contributed by atoms with Crippen molar-refractivity contribution in [3.05, 3.63) is 52.3 Å². The third-order valence-electron chi connectivity index (χ3n) is 2.27. The highest BCUT2D eigenvalue weighted by molar-refractivity contribution is 5.94. The summed E-state index contributed by atoms with van der Waals surface area (Å²) in [7, 11) is 0. The second kappa shape index (κ2) is 4.37. The minimum absolute atomic E-state index is 0.0347. The third kappa shape index (κ3) is 2.18. The summed E-state index contributed by atoms with van der Waals surface area (Å²) in [5.74, 6) is -0.999. The summed E-state index contributed by atoms with van der Waals surface area (Å²) >= 11 is 0. The second-order valence-corrected chi connectivity index (χ2v) is 3.94. The van der Waals surface area contributed by atoms with E-state index in [0.29, 0.717) is 5.56 Å². The molecule has 0 fully saturated rings. The fourth-order valence-electron chi connectivity index (χ4n) is 1.36. The highest BCUT2D eigenvalue weighted by Crippen LogP contribution is 2.09. The van der Waals surface area contributed by atoms with Crippen LogP contribution in [0.15, 0.2) is 39.5 Å². The van der Waals surface area contributed by atoms with E-state index in [1.54, 1.807) is 30.3 Å². The van der Waals surface area contributed by atoms with Gasteiger partial charge in [-0.1, -0.05) is 32.0 Å². The summed E-state index contributed by atoms with van der Waals surface area (Å²) in [4.78, 5) is 23.4. The number of hydrogen-bond acceptors (Lipinski definition) is 4. The number of hydrogen-bond donors (Lipinski definition) is 0. The Morgan fingerprint density at radius 1 is 1.29 bits per heavy atom. The molecule has 0 amide bonds. The molecule has 0 unspecified atom stereocenters. The Labute approximate surface area is 97.7 Å². The van der Waals surface area contributed by atoms with Gasteiger partial charge in [0.25, 0.3) is 5.91 Å². The summed E-state index contributed by atoms with van der Waals surface area (Å²) in [6, 6.07) is 8.49. The van der Waals surface area contributed by atoms with E-state index < -0.39 is 11.7 Å². The molecule has 1 aromatic carbocycles. The van der Waals surface area contributed by atoms with Gasteiger partial charge in [0, 0.05) is 11.5 Å². The number of aromatic nitrogens is 2. The van der Waals surface area contributed by atoms with E-state index in [9.17, 15) is 9.59 Å².